The highest BCUT2D eigenvalue weighted by Crippen LogP contribution is 2.20. The van der Waals surface area contributed by atoms with Crippen molar-refractivity contribution in [1.29, 1.82) is 0 Å². The van der Waals surface area contributed by atoms with Gasteiger partial charge >= 0.3 is 0 Å². The van der Waals surface area contributed by atoms with Crippen molar-refractivity contribution >= 4 is 19.7 Å². The minimum atomic E-state index is -3.22. The van der Waals surface area contributed by atoms with Crippen LogP contribution in [0.15, 0.2) is 29.2 Å². The van der Waals surface area contributed by atoms with E-state index in [1.807, 2.05) is 0 Å². The molecule has 20 heavy (non-hydrogen) atoms. The second-order valence-corrected chi connectivity index (χ2v) is 9.11. The SMILES string of the molecule is CS(=O)(=O)CCCC(NN)c1ccc(S(C)(=O)=O)cc1. The van der Waals surface area contributed by atoms with Gasteiger partial charge in [0.05, 0.1) is 4.90 Å². The Morgan fingerprint density at radius 3 is 2.05 bits per heavy atom. The first-order chi connectivity index (χ1) is 9.13. The maximum absolute atomic E-state index is 11.4. The van der Waals surface area contributed by atoms with Gasteiger partial charge in [-0.05, 0) is 30.5 Å². The summed E-state index contributed by atoms with van der Waals surface area (Å²) in [5, 5.41) is 0. The molecule has 0 aliphatic rings. The molecule has 1 rings (SSSR count). The third-order valence-electron chi connectivity index (χ3n) is 2.92. The lowest BCUT2D eigenvalue weighted by Gasteiger charge is -2.16. The maximum atomic E-state index is 11.4. The molecule has 3 N–H and O–H groups in total. The van der Waals surface area contributed by atoms with Crippen molar-refractivity contribution in [3.05, 3.63) is 29.8 Å². The predicted molar refractivity (Wildman–Crippen MR) is 78.6 cm³/mol. The Morgan fingerprint density at radius 1 is 1.10 bits per heavy atom. The summed E-state index contributed by atoms with van der Waals surface area (Å²) in [5.74, 6) is 5.56. The minimum Gasteiger partial charge on any atom is -0.271 e. The number of hydrogen-bond acceptors (Lipinski definition) is 6. The van der Waals surface area contributed by atoms with Crippen LogP contribution in [-0.4, -0.2) is 35.1 Å². The first kappa shape index (κ1) is 17.1. The largest absolute Gasteiger partial charge is 0.271 e. The van der Waals surface area contributed by atoms with E-state index in [4.69, 9.17) is 5.84 Å². The van der Waals surface area contributed by atoms with E-state index in [2.05, 4.69) is 5.43 Å². The first-order valence-electron chi connectivity index (χ1n) is 6.07. The second kappa shape index (κ2) is 6.66. The maximum Gasteiger partial charge on any atom is 0.175 e. The van der Waals surface area contributed by atoms with Crippen LogP contribution in [-0.2, 0) is 19.7 Å². The zero-order valence-electron chi connectivity index (χ0n) is 11.5. The molecular formula is C12H20N2O4S2. The lowest BCUT2D eigenvalue weighted by Crippen LogP contribution is -2.28. The molecule has 0 radical (unpaired) electrons. The van der Waals surface area contributed by atoms with Gasteiger partial charge in [-0.15, -0.1) is 0 Å². The highest BCUT2D eigenvalue weighted by molar-refractivity contribution is 7.90. The molecule has 0 bridgehead atoms. The summed E-state index contributed by atoms with van der Waals surface area (Å²) in [5.41, 5.74) is 3.45. The van der Waals surface area contributed by atoms with Crippen LogP contribution in [0.3, 0.4) is 0 Å². The van der Waals surface area contributed by atoms with Crippen molar-refractivity contribution < 1.29 is 16.8 Å². The third-order valence-corrected chi connectivity index (χ3v) is 5.08. The van der Waals surface area contributed by atoms with E-state index in [0.717, 1.165) is 11.8 Å². The molecule has 0 saturated carbocycles. The third kappa shape index (κ3) is 5.58. The van der Waals surface area contributed by atoms with Gasteiger partial charge in [0.15, 0.2) is 9.84 Å². The lowest BCUT2D eigenvalue weighted by molar-refractivity contribution is 0.507. The Balaban J connectivity index is 2.76. The van der Waals surface area contributed by atoms with E-state index in [1.54, 1.807) is 12.1 Å². The van der Waals surface area contributed by atoms with E-state index in [-0.39, 0.29) is 16.7 Å². The minimum absolute atomic E-state index is 0.104. The van der Waals surface area contributed by atoms with Gasteiger partial charge in [0.2, 0.25) is 0 Å². The van der Waals surface area contributed by atoms with Gasteiger partial charge in [-0.25, -0.2) is 16.8 Å². The normalized spacial score (nSPS) is 14.2. The second-order valence-electron chi connectivity index (χ2n) is 4.83. The van der Waals surface area contributed by atoms with E-state index >= 15 is 0 Å². The Kier molecular flexibility index (Phi) is 5.69. The summed E-state index contributed by atoms with van der Waals surface area (Å²) in [6, 6.07) is 6.20. The molecule has 6 nitrogen and oxygen atoms in total. The van der Waals surface area contributed by atoms with Crippen molar-refractivity contribution in [3.8, 4) is 0 Å². The number of hydrogen-bond donors (Lipinski definition) is 2. The van der Waals surface area contributed by atoms with Crippen molar-refractivity contribution in [2.45, 2.75) is 23.8 Å². The van der Waals surface area contributed by atoms with Crippen LogP contribution in [0.2, 0.25) is 0 Å². The topological polar surface area (TPSA) is 106 Å². The van der Waals surface area contributed by atoms with Crippen LogP contribution in [0.25, 0.3) is 0 Å². The number of nitrogens with one attached hydrogen (secondary N) is 1. The van der Waals surface area contributed by atoms with Crippen molar-refractivity contribution in [2.75, 3.05) is 18.3 Å². The van der Waals surface area contributed by atoms with Gasteiger partial charge in [0, 0.05) is 24.3 Å². The van der Waals surface area contributed by atoms with Crippen LogP contribution < -0.4 is 11.3 Å². The molecular weight excluding hydrogens is 300 g/mol. The van der Waals surface area contributed by atoms with Gasteiger partial charge in [-0.1, -0.05) is 12.1 Å². The van der Waals surface area contributed by atoms with Crippen LogP contribution >= 0.6 is 0 Å². The molecule has 0 fully saturated rings. The molecule has 0 aliphatic heterocycles. The molecule has 1 unspecified atom stereocenters. The zero-order valence-corrected chi connectivity index (χ0v) is 13.2. The fourth-order valence-electron chi connectivity index (χ4n) is 1.84. The van der Waals surface area contributed by atoms with Gasteiger partial charge < -0.3 is 0 Å². The quantitative estimate of drug-likeness (QED) is 0.557. The lowest BCUT2D eigenvalue weighted by atomic mass is 10.0. The van der Waals surface area contributed by atoms with Gasteiger partial charge in [-0.3, -0.25) is 11.3 Å². The number of hydrazine groups is 1. The van der Waals surface area contributed by atoms with Crippen LogP contribution in [0.4, 0.5) is 0 Å². The Morgan fingerprint density at radius 2 is 1.65 bits per heavy atom. The summed E-state index contributed by atoms with van der Waals surface area (Å²) in [6.45, 7) is 0. The molecule has 0 spiro atoms. The summed E-state index contributed by atoms with van der Waals surface area (Å²) in [6.07, 6.45) is 3.38. The van der Waals surface area contributed by atoms with E-state index in [9.17, 15) is 16.8 Å². The van der Waals surface area contributed by atoms with Crippen LogP contribution in [0.1, 0.15) is 24.4 Å². The summed E-state index contributed by atoms with van der Waals surface area (Å²) < 4.78 is 44.9. The van der Waals surface area contributed by atoms with Crippen molar-refractivity contribution in [2.24, 2.45) is 5.84 Å². The highest BCUT2D eigenvalue weighted by atomic mass is 32.2. The number of sulfone groups is 2. The summed E-state index contributed by atoms with van der Waals surface area (Å²) in [4.78, 5) is 0.244. The fraction of sp³-hybridized carbons (Fsp3) is 0.500. The number of rotatable bonds is 7. The zero-order chi connectivity index (χ0) is 15.4. The van der Waals surface area contributed by atoms with Gasteiger partial charge in [-0.2, -0.15) is 0 Å². The Labute approximate surface area is 120 Å². The predicted octanol–water partition coefficient (Wildman–Crippen LogP) is 0.419. The number of benzene rings is 1. The number of nitrogens with two attached hydrogens (primary N) is 1. The first-order valence-corrected chi connectivity index (χ1v) is 10.0. The smallest absolute Gasteiger partial charge is 0.175 e. The fourth-order valence-corrected chi connectivity index (χ4v) is 3.16. The molecule has 0 amide bonds. The average molecular weight is 320 g/mol. The summed E-state index contributed by atoms with van der Waals surface area (Å²) >= 11 is 0. The standard InChI is InChI=1S/C12H20N2O4S2/c1-19(15,16)9-3-4-12(14-13)10-5-7-11(8-6-10)20(2,17)18/h5-8,12,14H,3-4,9,13H2,1-2H3. The average Bonchev–Trinajstić information content (AvgIpc) is 2.32. The molecule has 114 valence electrons. The highest BCUT2D eigenvalue weighted by Gasteiger charge is 2.13. The molecule has 0 aromatic heterocycles. The molecule has 0 aliphatic carbocycles. The summed E-state index contributed by atoms with van der Waals surface area (Å²) in [7, 11) is -6.20. The van der Waals surface area contributed by atoms with Gasteiger partial charge in [0.25, 0.3) is 0 Å². The van der Waals surface area contributed by atoms with Crippen LogP contribution in [0.5, 0.6) is 0 Å². The van der Waals surface area contributed by atoms with E-state index < -0.39 is 19.7 Å². The molecule has 0 heterocycles. The van der Waals surface area contributed by atoms with Crippen LogP contribution in [0, 0.1) is 0 Å². The van der Waals surface area contributed by atoms with Gasteiger partial charge in [0.1, 0.15) is 9.84 Å². The molecule has 8 heteroatoms. The molecule has 0 saturated heterocycles. The van der Waals surface area contributed by atoms with Crippen molar-refractivity contribution in [3.63, 3.8) is 0 Å². The van der Waals surface area contributed by atoms with Crippen molar-refractivity contribution in [1.82, 2.24) is 5.43 Å². The molecule has 1 aromatic rings. The molecule has 1 atom stereocenters. The molecule has 1 aromatic carbocycles. The Hall–Kier alpha value is -0.960. The van der Waals surface area contributed by atoms with E-state index in [0.29, 0.717) is 12.8 Å². The Bertz CT molecular complexity index is 637. The van der Waals surface area contributed by atoms with E-state index in [1.165, 1.54) is 18.4 Å². The monoisotopic (exact) mass is 320 g/mol.